The average molecular weight is 274 g/mol. The standard InChI is InChI=1S/C11H13BrFNO/c12-9-4-8(5-10(13)11(9)15)7-2-1-3-14-6-7/h4-5,7,14-15H,1-3,6H2. The van der Waals surface area contributed by atoms with E-state index in [1.165, 1.54) is 6.07 Å². The van der Waals surface area contributed by atoms with Crippen molar-refractivity contribution in [3.8, 4) is 5.75 Å². The van der Waals surface area contributed by atoms with Crippen LogP contribution in [0.15, 0.2) is 16.6 Å². The lowest BCUT2D eigenvalue weighted by Gasteiger charge is -2.23. The highest BCUT2D eigenvalue weighted by Crippen LogP contribution is 2.32. The summed E-state index contributed by atoms with van der Waals surface area (Å²) < 4.78 is 13.7. The van der Waals surface area contributed by atoms with Crippen LogP contribution >= 0.6 is 15.9 Å². The Hall–Kier alpha value is -0.610. The van der Waals surface area contributed by atoms with Gasteiger partial charge in [-0.05, 0) is 58.9 Å². The Labute approximate surface area is 96.6 Å². The van der Waals surface area contributed by atoms with E-state index in [4.69, 9.17) is 0 Å². The molecule has 1 fully saturated rings. The molecule has 1 heterocycles. The number of hydrogen-bond acceptors (Lipinski definition) is 2. The fourth-order valence-electron chi connectivity index (χ4n) is 1.96. The van der Waals surface area contributed by atoms with E-state index >= 15 is 0 Å². The number of aromatic hydroxyl groups is 1. The zero-order valence-electron chi connectivity index (χ0n) is 8.26. The van der Waals surface area contributed by atoms with Gasteiger partial charge in [0.2, 0.25) is 0 Å². The maximum Gasteiger partial charge on any atom is 0.166 e. The smallest absolute Gasteiger partial charge is 0.166 e. The van der Waals surface area contributed by atoms with Gasteiger partial charge in [-0.1, -0.05) is 0 Å². The van der Waals surface area contributed by atoms with Gasteiger partial charge in [0.1, 0.15) is 0 Å². The lowest BCUT2D eigenvalue weighted by atomic mass is 9.91. The van der Waals surface area contributed by atoms with Crippen molar-refractivity contribution in [2.24, 2.45) is 0 Å². The SMILES string of the molecule is Oc1c(F)cc(C2CCCNC2)cc1Br. The number of halogens is 2. The van der Waals surface area contributed by atoms with Crippen LogP contribution in [0.25, 0.3) is 0 Å². The van der Waals surface area contributed by atoms with Gasteiger partial charge in [0.05, 0.1) is 4.47 Å². The molecule has 2 N–H and O–H groups in total. The Balaban J connectivity index is 2.27. The van der Waals surface area contributed by atoms with Gasteiger partial charge in [0.15, 0.2) is 11.6 Å². The van der Waals surface area contributed by atoms with Crippen molar-refractivity contribution in [1.29, 1.82) is 0 Å². The molecule has 15 heavy (non-hydrogen) atoms. The molecule has 0 amide bonds. The average Bonchev–Trinajstić information content (AvgIpc) is 2.26. The molecule has 1 saturated heterocycles. The van der Waals surface area contributed by atoms with Crippen LogP contribution in [0.4, 0.5) is 4.39 Å². The number of piperidine rings is 1. The first-order chi connectivity index (χ1) is 7.18. The molecule has 0 aliphatic carbocycles. The van der Waals surface area contributed by atoms with Gasteiger partial charge in [-0.15, -0.1) is 0 Å². The third-order valence-electron chi connectivity index (χ3n) is 2.81. The van der Waals surface area contributed by atoms with Crippen molar-refractivity contribution < 1.29 is 9.50 Å². The van der Waals surface area contributed by atoms with E-state index in [9.17, 15) is 9.50 Å². The number of nitrogens with one attached hydrogen (secondary N) is 1. The maximum atomic E-state index is 13.3. The Morgan fingerprint density at radius 1 is 1.47 bits per heavy atom. The Morgan fingerprint density at radius 2 is 2.27 bits per heavy atom. The third-order valence-corrected chi connectivity index (χ3v) is 3.41. The molecule has 1 aromatic rings. The summed E-state index contributed by atoms with van der Waals surface area (Å²) >= 11 is 3.15. The topological polar surface area (TPSA) is 32.3 Å². The third kappa shape index (κ3) is 2.32. The predicted octanol–water partition coefficient (Wildman–Crippen LogP) is 2.76. The molecule has 1 aromatic carbocycles. The Kier molecular flexibility index (Phi) is 3.26. The maximum absolute atomic E-state index is 13.3. The summed E-state index contributed by atoms with van der Waals surface area (Å²) in [7, 11) is 0. The van der Waals surface area contributed by atoms with Crippen molar-refractivity contribution in [2.45, 2.75) is 18.8 Å². The van der Waals surface area contributed by atoms with Crippen molar-refractivity contribution in [1.82, 2.24) is 5.32 Å². The van der Waals surface area contributed by atoms with Gasteiger partial charge in [0, 0.05) is 6.54 Å². The van der Waals surface area contributed by atoms with Crippen LogP contribution in [0.3, 0.4) is 0 Å². The molecule has 2 nitrogen and oxygen atoms in total. The van der Waals surface area contributed by atoms with Gasteiger partial charge in [-0.2, -0.15) is 0 Å². The first-order valence-electron chi connectivity index (χ1n) is 5.07. The van der Waals surface area contributed by atoms with Crippen LogP contribution < -0.4 is 5.32 Å². The van der Waals surface area contributed by atoms with E-state index in [1.807, 2.05) is 0 Å². The number of hydrogen-bond donors (Lipinski definition) is 2. The molecule has 2 rings (SSSR count). The van der Waals surface area contributed by atoms with Crippen molar-refractivity contribution >= 4 is 15.9 Å². The van der Waals surface area contributed by atoms with Gasteiger partial charge in [-0.25, -0.2) is 4.39 Å². The number of benzene rings is 1. The fraction of sp³-hybridized carbons (Fsp3) is 0.455. The van der Waals surface area contributed by atoms with E-state index in [2.05, 4.69) is 21.2 Å². The highest BCUT2D eigenvalue weighted by Gasteiger charge is 2.18. The molecule has 0 saturated carbocycles. The Bertz CT molecular complexity index is 341. The molecule has 1 aliphatic rings. The number of rotatable bonds is 1. The molecule has 82 valence electrons. The van der Waals surface area contributed by atoms with Crippen LogP contribution in [0.2, 0.25) is 0 Å². The summed E-state index contributed by atoms with van der Waals surface area (Å²) in [5.74, 6) is -0.502. The molecular weight excluding hydrogens is 261 g/mol. The van der Waals surface area contributed by atoms with Gasteiger partial charge in [0.25, 0.3) is 0 Å². The molecule has 1 atom stereocenters. The predicted molar refractivity (Wildman–Crippen MR) is 60.6 cm³/mol. The first kappa shape index (κ1) is 10.9. The summed E-state index contributed by atoms with van der Waals surface area (Å²) in [6, 6.07) is 3.23. The zero-order chi connectivity index (χ0) is 10.8. The highest BCUT2D eigenvalue weighted by molar-refractivity contribution is 9.10. The van der Waals surface area contributed by atoms with Crippen LogP contribution in [-0.2, 0) is 0 Å². The molecule has 0 spiro atoms. The van der Waals surface area contributed by atoms with Gasteiger partial charge < -0.3 is 10.4 Å². The molecule has 0 aromatic heterocycles. The lowest BCUT2D eigenvalue weighted by molar-refractivity contribution is 0.423. The molecular formula is C11H13BrFNO. The van der Waals surface area contributed by atoms with E-state index in [0.717, 1.165) is 31.5 Å². The zero-order valence-corrected chi connectivity index (χ0v) is 9.85. The minimum absolute atomic E-state index is 0.303. The summed E-state index contributed by atoms with van der Waals surface area (Å²) in [6.45, 7) is 1.93. The van der Waals surface area contributed by atoms with Crippen molar-refractivity contribution in [3.05, 3.63) is 28.0 Å². The second-order valence-electron chi connectivity index (χ2n) is 3.88. The minimum Gasteiger partial charge on any atom is -0.504 e. The molecule has 4 heteroatoms. The van der Waals surface area contributed by atoms with Crippen LogP contribution in [0, 0.1) is 5.82 Å². The normalized spacial score (nSPS) is 21.6. The lowest BCUT2D eigenvalue weighted by Crippen LogP contribution is -2.28. The first-order valence-corrected chi connectivity index (χ1v) is 5.86. The van der Waals surface area contributed by atoms with E-state index in [-0.39, 0.29) is 5.75 Å². The molecule has 0 bridgehead atoms. The second-order valence-corrected chi connectivity index (χ2v) is 4.73. The van der Waals surface area contributed by atoms with Crippen LogP contribution in [-0.4, -0.2) is 18.2 Å². The highest BCUT2D eigenvalue weighted by atomic mass is 79.9. The number of phenolic OH excluding ortho intramolecular Hbond substituents is 1. The van der Waals surface area contributed by atoms with Crippen molar-refractivity contribution in [3.63, 3.8) is 0 Å². The van der Waals surface area contributed by atoms with Crippen molar-refractivity contribution in [2.75, 3.05) is 13.1 Å². The quantitative estimate of drug-likeness (QED) is 0.825. The van der Waals surface area contributed by atoms with Crippen LogP contribution in [0.1, 0.15) is 24.3 Å². The molecule has 1 aliphatic heterocycles. The van der Waals surface area contributed by atoms with Crippen LogP contribution in [0.5, 0.6) is 5.75 Å². The van der Waals surface area contributed by atoms with E-state index in [1.54, 1.807) is 6.07 Å². The largest absolute Gasteiger partial charge is 0.504 e. The van der Waals surface area contributed by atoms with Gasteiger partial charge >= 0.3 is 0 Å². The molecule has 0 radical (unpaired) electrons. The number of phenols is 1. The van der Waals surface area contributed by atoms with E-state index in [0.29, 0.717) is 10.4 Å². The fourth-order valence-corrected chi connectivity index (χ4v) is 2.41. The summed E-state index contributed by atoms with van der Waals surface area (Å²) in [5.41, 5.74) is 0.948. The second kappa shape index (κ2) is 4.49. The summed E-state index contributed by atoms with van der Waals surface area (Å²) in [6.07, 6.45) is 2.19. The summed E-state index contributed by atoms with van der Waals surface area (Å²) in [5, 5.41) is 12.6. The summed E-state index contributed by atoms with van der Waals surface area (Å²) in [4.78, 5) is 0. The molecule has 1 unspecified atom stereocenters. The van der Waals surface area contributed by atoms with E-state index < -0.39 is 5.82 Å². The van der Waals surface area contributed by atoms with Gasteiger partial charge in [-0.3, -0.25) is 0 Å². The monoisotopic (exact) mass is 273 g/mol. The minimum atomic E-state index is -0.551. The Morgan fingerprint density at radius 3 is 2.87 bits per heavy atom.